The molecule has 0 aliphatic heterocycles. The topological polar surface area (TPSA) is 55.4 Å². The number of benzene rings is 1. The molecule has 7 heteroatoms. The Hall–Kier alpha value is -0.700. The molecule has 4 nitrogen and oxygen atoms in total. The summed E-state index contributed by atoms with van der Waals surface area (Å²) in [5.74, 6) is -1.37. The van der Waals surface area contributed by atoms with Crippen LogP contribution in [0, 0.1) is 5.82 Å². The molecule has 0 aliphatic carbocycles. The SMILES string of the molecule is COC(=O)C(I)CNC(=O)c1ccc(Br)c(F)c1. The third kappa shape index (κ3) is 4.20. The van der Waals surface area contributed by atoms with Crippen LogP contribution in [0.1, 0.15) is 10.4 Å². The van der Waals surface area contributed by atoms with Gasteiger partial charge in [0.1, 0.15) is 9.74 Å². The third-order valence-electron chi connectivity index (χ3n) is 2.08. The molecule has 1 aromatic carbocycles. The number of methoxy groups -OCH3 is 1. The fourth-order valence-electron chi connectivity index (χ4n) is 1.13. The summed E-state index contributed by atoms with van der Waals surface area (Å²) in [5, 5.41) is 2.53. The van der Waals surface area contributed by atoms with Gasteiger partial charge >= 0.3 is 5.97 Å². The van der Waals surface area contributed by atoms with Crippen molar-refractivity contribution in [3.63, 3.8) is 0 Å². The lowest BCUT2D eigenvalue weighted by molar-refractivity contribution is -0.139. The van der Waals surface area contributed by atoms with Crippen molar-refractivity contribution in [1.29, 1.82) is 0 Å². The zero-order chi connectivity index (χ0) is 13.7. The number of hydrogen-bond acceptors (Lipinski definition) is 3. The predicted molar refractivity (Wildman–Crippen MR) is 76.3 cm³/mol. The molecule has 0 saturated heterocycles. The van der Waals surface area contributed by atoms with E-state index in [1.54, 1.807) is 0 Å². The lowest BCUT2D eigenvalue weighted by atomic mass is 10.2. The van der Waals surface area contributed by atoms with E-state index in [0.717, 1.165) is 6.07 Å². The summed E-state index contributed by atoms with van der Waals surface area (Å²) in [6.45, 7) is 0.129. The second kappa shape index (κ2) is 7.03. The van der Waals surface area contributed by atoms with Crippen LogP contribution in [0.25, 0.3) is 0 Å². The van der Waals surface area contributed by atoms with Gasteiger partial charge in [0, 0.05) is 12.1 Å². The number of nitrogens with one attached hydrogen (secondary N) is 1. The van der Waals surface area contributed by atoms with Gasteiger partial charge in [0.15, 0.2) is 0 Å². The predicted octanol–water partition coefficient (Wildman–Crippen LogP) is 2.29. The van der Waals surface area contributed by atoms with E-state index in [0.29, 0.717) is 4.47 Å². The Kier molecular flexibility index (Phi) is 6.00. The van der Waals surface area contributed by atoms with Crippen LogP contribution in [0.4, 0.5) is 4.39 Å². The van der Waals surface area contributed by atoms with Gasteiger partial charge in [-0.1, -0.05) is 22.6 Å². The highest BCUT2D eigenvalue weighted by molar-refractivity contribution is 14.1. The summed E-state index contributed by atoms with van der Waals surface area (Å²) in [6, 6.07) is 4.06. The second-order valence-corrected chi connectivity index (χ2v) is 5.69. The monoisotopic (exact) mass is 429 g/mol. The second-order valence-electron chi connectivity index (χ2n) is 3.33. The van der Waals surface area contributed by atoms with Crippen molar-refractivity contribution in [2.45, 2.75) is 3.92 Å². The molecule has 1 rings (SSSR count). The number of ether oxygens (including phenoxy) is 1. The fraction of sp³-hybridized carbons (Fsp3) is 0.273. The Bertz CT molecular complexity index is 470. The van der Waals surface area contributed by atoms with Crippen LogP contribution in [-0.2, 0) is 9.53 Å². The van der Waals surface area contributed by atoms with E-state index in [1.165, 1.54) is 19.2 Å². The summed E-state index contributed by atoms with van der Waals surface area (Å²) in [6.07, 6.45) is 0. The highest BCUT2D eigenvalue weighted by Crippen LogP contribution is 2.16. The molecule has 18 heavy (non-hydrogen) atoms. The molecule has 1 aromatic rings. The van der Waals surface area contributed by atoms with Gasteiger partial charge in [0.05, 0.1) is 11.6 Å². The molecule has 1 atom stereocenters. The largest absolute Gasteiger partial charge is 0.468 e. The van der Waals surface area contributed by atoms with Gasteiger partial charge < -0.3 is 10.1 Å². The van der Waals surface area contributed by atoms with E-state index in [1.807, 2.05) is 22.6 Å². The van der Waals surface area contributed by atoms with Crippen molar-refractivity contribution < 1.29 is 18.7 Å². The Balaban J connectivity index is 2.60. The van der Waals surface area contributed by atoms with Gasteiger partial charge in [0.25, 0.3) is 5.91 Å². The van der Waals surface area contributed by atoms with Gasteiger partial charge in [-0.3, -0.25) is 9.59 Å². The van der Waals surface area contributed by atoms with Gasteiger partial charge in [-0.05, 0) is 34.1 Å². The van der Waals surface area contributed by atoms with E-state index in [4.69, 9.17) is 0 Å². The molecule has 0 bridgehead atoms. The first kappa shape index (κ1) is 15.4. The van der Waals surface area contributed by atoms with E-state index in [2.05, 4.69) is 26.0 Å². The lowest BCUT2D eigenvalue weighted by Gasteiger charge is -2.09. The molecule has 0 spiro atoms. The van der Waals surface area contributed by atoms with Gasteiger partial charge in [-0.25, -0.2) is 4.39 Å². The highest BCUT2D eigenvalue weighted by atomic mass is 127. The Labute approximate surface area is 126 Å². The molecule has 0 radical (unpaired) electrons. The Morgan fingerprint density at radius 3 is 2.78 bits per heavy atom. The molecular formula is C11H10BrFINO3. The first-order valence-corrected chi connectivity index (χ1v) is 6.94. The number of hydrogen-bond donors (Lipinski definition) is 1. The standard InChI is InChI=1S/C11H10BrFINO3/c1-18-11(17)9(14)5-15-10(16)6-2-3-7(12)8(13)4-6/h2-4,9H,5H2,1H3,(H,15,16). The summed E-state index contributed by atoms with van der Waals surface area (Å²) in [5.41, 5.74) is 0.198. The molecule has 1 N–H and O–H groups in total. The summed E-state index contributed by atoms with van der Waals surface area (Å²) < 4.78 is 17.6. The van der Waals surface area contributed by atoms with Crippen LogP contribution < -0.4 is 5.32 Å². The van der Waals surface area contributed by atoms with E-state index < -0.39 is 21.6 Å². The summed E-state index contributed by atoms with van der Waals surface area (Å²) >= 11 is 4.86. The van der Waals surface area contributed by atoms with Crippen LogP contribution in [0.15, 0.2) is 22.7 Å². The third-order valence-corrected chi connectivity index (χ3v) is 3.67. The van der Waals surface area contributed by atoms with Crippen LogP contribution in [0.3, 0.4) is 0 Å². The molecule has 0 aliphatic rings. The quantitative estimate of drug-likeness (QED) is 0.454. The number of carbonyl (C=O) groups excluding carboxylic acids is 2. The van der Waals surface area contributed by atoms with Crippen LogP contribution in [0.2, 0.25) is 0 Å². The maximum Gasteiger partial charge on any atom is 0.320 e. The maximum atomic E-state index is 13.2. The minimum Gasteiger partial charge on any atom is -0.468 e. The normalized spacial score (nSPS) is 11.8. The van der Waals surface area contributed by atoms with Crippen molar-refractivity contribution in [3.8, 4) is 0 Å². The van der Waals surface area contributed by atoms with Crippen molar-refractivity contribution in [2.24, 2.45) is 0 Å². The van der Waals surface area contributed by atoms with Crippen molar-refractivity contribution in [1.82, 2.24) is 5.32 Å². The minimum atomic E-state index is -0.512. The summed E-state index contributed by atoms with van der Waals surface area (Å²) in [4.78, 5) is 22.8. The number of rotatable bonds is 4. The number of halogens is 3. The number of carbonyl (C=O) groups is 2. The number of esters is 1. The average Bonchev–Trinajstić information content (AvgIpc) is 2.37. The van der Waals surface area contributed by atoms with Crippen LogP contribution in [0.5, 0.6) is 0 Å². The van der Waals surface area contributed by atoms with Crippen LogP contribution in [-0.4, -0.2) is 29.5 Å². The fourth-order valence-corrected chi connectivity index (χ4v) is 1.85. The van der Waals surface area contributed by atoms with E-state index >= 15 is 0 Å². The van der Waals surface area contributed by atoms with E-state index in [-0.39, 0.29) is 12.1 Å². The number of amides is 1. The molecule has 0 saturated carbocycles. The van der Waals surface area contributed by atoms with Gasteiger partial charge in [-0.2, -0.15) is 0 Å². The zero-order valence-corrected chi connectivity index (χ0v) is 13.1. The first-order valence-electron chi connectivity index (χ1n) is 4.91. The molecule has 0 heterocycles. The van der Waals surface area contributed by atoms with Crippen molar-refractivity contribution in [2.75, 3.05) is 13.7 Å². The van der Waals surface area contributed by atoms with E-state index in [9.17, 15) is 14.0 Å². The first-order chi connectivity index (χ1) is 8.45. The molecule has 98 valence electrons. The molecule has 1 unspecified atom stereocenters. The Morgan fingerprint density at radius 1 is 1.56 bits per heavy atom. The molecule has 0 fully saturated rings. The zero-order valence-electron chi connectivity index (χ0n) is 9.38. The number of alkyl halides is 1. The minimum absolute atomic E-state index is 0.129. The Morgan fingerprint density at radius 2 is 2.22 bits per heavy atom. The highest BCUT2D eigenvalue weighted by Gasteiger charge is 2.16. The van der Waals surface area contributed by atoms with Gasteiger partial charge in [0.2, 0.25) is 0 Å². The maximum absolute atomic E-state index is 13.2. The van der Waals surface area contributed by atoms with Crippen molar-refractivity contribution in [3.05, 3.63) is 34.1 Å². The summed E-state index contributed by atoms with van der Waals surface area (Å²) in [7, 11) is 1.28. The van der Waals surface area contributed by atoms with Crippen molar-refractivity contribution >= 4 is 50.4 Å². The van der Waals surface area contributed by atoms with Crippen LogP contribution >= 0.6 is 38.5 Å². The molecule has 1 amide bonds. The molecule has 0 aromatic heterocycles. The smallest absolute Gasteiger partial charge is 0.320 e. The average molecular weight is 430 g/mol. The lowest BCUT2D eigenvalue weighted by Crippen LogP contribution is -2.33. The molecular weight excluding hydrogens is 420 g/mol. The van der Waals surface area contributed by atoms with Gasteiger partial charge in [-0.15, -0.1) is 0 Å².